The highest BCUT2D eigenvalue weighted by Crippen LogP contribution is 2.39. The minimum Gasteiger partial charge on any atom is -0.313 e. The fourth-order valence-corrected chi connectivity index (χ4v) is 3.14. The van der Waals surface area contributed by atoms with Crippen molar-refractivity contribution in [2.75, 3.05) is 6.54 Å². The van der Waals surface area contributed by atoms with Crippen LogP contribution in [0.15, 0.2) is 0 Å². The van der Waals surface area contributed by atoms with E-state index in [4.69, 9.17) is 0 Å². The molecule has 1 aliphatic heterocycles. The summed E-state index contributed by atoms with van der Waals surface area (Å²) in [5.74, 6) is 2.87. The van der Waals surface area contributed by atoms with Gasteiger partial charge >= 0.3 is 0 Å². The highest BCUT2D eigenvalue weighted by atomic mass is 14.9. The van der Waals surface area contributed by atoms with Crippen LogP contribution in [0.25, 0.3) is 0 Å². The summed E-state index contributed by atoms with van der Waals surface area (Å²) in [4.78, 5) is 0. The van der Waals surface area contributed by atoms with Gasteiger partial charge in [0.1, 0.15) is 0 Å². The van der Waals surface area contributed by atoms with Gasteiger partial charge in [-0.3, -0.25) is 0 Å². The van der Waals surface area contributed by atoms with Gasteiger partial charge in [0.15, 0.2) is 0 Å². The van der Waals surface area contributed by atoms with E-state index in [1.54, 1.807) is 0 Å². The number of rotatable bonds is 1. The summed E-state index contributed by atoms with van der Waals surface area (Å²) in [7, 11) is 0. The predicted octanol–water partition coefficient (Wildman–Crippen LogP) is 2.42. The summed E-state index contributed by atoms with van der Waals surface area (Å²) < 4.78 is 0. The molecule has 1 aliphatic carbocycles. The summed E-state index contributed by atoms with van der Waals surface area (Å²) in [5.41, 5.74) is 0. The van der Waals surface area contributed by atoms with E-state index in [0.29, 0.717) is 0 Å². The maximum atomic E-state index is 3.71. The minimum atomic E-state index is 0.874. The lowest BCUT2D eigenvalue weighted by Gasteiger charge is -2.32. The summed E-state index contributed by atoms with van der Waals surface area (Å²) >= 11 is 0. The molecule has 1 nitrogen and oxygen atoms in total. The van der Waals surface area contributed by atoms with Gasteiger partial charge in [-0.25, -0.2) is 0 Å². The lowest BCUT2D eigenvalue weighted by molar-refractivity contribution is 0.238. The van der Waals surface area contributed by atoms with Crippen LogP contribution in [0.1, 0.15) is 39.5 Å². The lowest BCUT2D eigenvalue weighted by Crippen LogP contribution is -2.43. The molecule has 0 spiro atoms. The first-order chi connectivity index (χ1) is 5.79. The van der Waals surface area contributed by atoms with E-state index in [0.717, 1.165) is 23.8 Å². The molecule has 2 aliphatic rings. The van der Waals surface area contributed by atoms with E-state index >= 15 is 0 Å². The van der Waals surface area contributed by atoms with Crippen molar-refractivity contribution in [2.24, 2.45) is 17.8 Å². The number of fused-ring (bicyclic) bond motifs is 1. The van der Waals surface area contributed by atoms with E-state index in [1.165, 1.54) is 32.2 Å². The highest BCUT2D eigenvalue weighted by molar-refractivity contribution is 4.93. The van der Waals surface area contributed by atoms with Crippen molar-refractivity contribution in [3.05, 3.63) is 0 Å². The van der Waals surface area contributed by atoms with E-state index in [2.05, 4.69) is 19.2 Å². The van der Waals surface area contributed by atoms with E-state index in [-0.39, 0.29) is 0 Å². The van der Waals surface area contributed by atoms with Crippen molar-refractivity contribution in [3.63, 3.8) is 0 Å². The van der Waals surface area contributed by atoms with Crippen molar-refractivity contribution < 1.29 is 0 Å². The smallest absolute Gasteiger partial charge is 0.0126 e. The van der Waals surface area contributed by atoms with Gasteiger partial charge in [0.2, 0.25) is 0 Å². The molecule has 2 fully saturated rings. The van der Waals surface area contributed by atoms with Crippen molar-refractivity contribution in [1.29, 1.82) is 0 Å². The lowest BCUT2D eigenvalue weighted by atomic mass is 9.85. The highest BCUT2D eigenvalue weighted by Gasteiger charge is 2.38. The molecule has 1 heterocycles. The van der Waals surface area contributed by atoms with Gasteiger partial charge in [0.25, 0.3) is 0 Å². The molecule has 1 saturated carbocycles. The molecule has 1 N–H and O–H groups in total. The van der Waals surface area contributed by atoms with Crippen LogP contribution < -0.4 is 5.32 Å². The molecule has 1 saturated heterocycles. The minimum absolute atomic E-state index is 0.874. The van der Waals surface area contributed by atoms with Crippen LogP contribution in [0.5, 0.6) is 0 Å². The third kappa shape index (κ3) is 1.39. The van der Waals surface area contributed by atoms with Gasteiger partial charge in [-0.1, -0.05) is 13.8 Å². The van der Waals surface area contributed by atoms with Crippen molar-refractivity contribution in [2.45, 2.75) is 45.6 Å². The van der Waals surface area contributed by atoms with Crippen LogP contribution in [0.2, 0.25) is 0 Å². The molecule has 1 heteroatoms. The zero-order valence-corrected chi connectivity index (χ0v) is 8.34. The van der Waals surface area contributed by atoms with Crippen LogP contribution in [-0.4, -0.2) is 12.6 Å². The monoisotopic (exact) mass is 167 g/mol. The molecule has 12 heavy (non-hydrogen) atoms. The molecular weight excluding hydrogens is 146 g/mol. The van der Waals surface area contributed by atoms with Crippen molar-refractivity contribution in [3.8, 4) is 0 Å². The second-order valence-corrected chi connectivity index (χ2v) is 4.87. The van der Waals surface area contributed by atoms with Gasteiger partial charge in [-0.05, 0) is 50.0 Å². The molecule has 0 amide bonds. The van der Waals surface area contributed by atoms with Gasteiger partial charge in [0.05, 0.1) is 0 Å². The number of hydrogen-bond donors (Lipinski definition) is 1. The molecule has 0 aromatic heterocycles. The largest absolute Gasteiger partial charge is 0.313 e. The van der Waals surface area contributed by atoms with Gasteiger partial charge in [-0.2, -0.15) is 0 Å². The van der Waals surface area contributed by atoms with Crippen LogP contribution in [0.3, 0.4) is 0 Å². The van der Waals surface area contributed by atoms with Gasteiger partial charge < -0.3 is 5.32 Å². The van der Waals surface area contributed by atoms with E-state index < -0.39 is 0 Å². The Kier molecular flexibility index (Phi) is 2.40. The first-order valence-corrected chi connectivity index (χ1v) is 5.52. The average Bonchev–Trinajstić information content (AvgIpc) is 2.47. The molecule has 0 aromatic rings. The van der Waals surface area contributed by atoms with Crippen LogP contribution in [-0.2, 0) is 0 Å². The third-order valence-electron chi connectivity index (χ3n) is 3.83. The Morgan fingerprint density at radius 1 is 1.17 bits per heavy atom. The molecular formula is C11H21N. The molecule has 0 bridgehead atoms. The fraction of sp³-hybridized carbons (Fsp3) is 1.00. The summed E-state index contributed by atoms with van der Waals surface area (Å²) in [6.07, 6.45) is 5.85. The third-order valence-corrected chi connectivity index (χ3v) is 3.83. The second kappa shape index (κ2) is 3.37. The van der Waals surface area contributed by atoms with E-state index in [9.17, 15) is 0 Å². The Morgan fingerprint density at radius 3 is 2.75 bits per heavy atom. The molecule has 70 valence electrons. The van der Waals surface area contributed by atoms with Gasteiger partial charge in [0, 0.05) is 6.04 Å². The summed E-state index contributed by atoms with van der Waals surface area (Å²) in [6.45, 7) is 6.02. The molecule has 3 unspecified atom stereocenters. The Labute approximate surface area is 75.9 Å². The Balaban J connectivity index is 2.01. The summed E-state index contributed by atoms with van der Waals surface area (Å²) in [5, 5.41) is 3.71. The van der Waals surface area contributed by atoms with Crippen molar-refractivity contribution in [1.82, 2.24) is 5.32 Å². The van der Waals surface area contributed by atoms with E-state index in [1.807, 2.05) is 0 Å². The molecule has 0 aromatic carbocycles. The molecule has 3 atom stereocenters. The number of nitrogens with one attached hydrogen (secondary N) is 1. The van der Waals surface area contributed by atoms with Crippen LogP contribution >= 0.6 is 0 Å². The van der Waals surface area contributed by atoms with Crippen LogP contribution in [0, 0.1) is 17.8 Å². The molecule has 2 rings (SSSR count). The standard InChI is InChI=1S/C11H21N/c1-8(2)10-6-5-9-4-3-7-12-11(9)10/h8-12H,3-7H2,1-2H3. The Bertz CT molecular complexity index is 153. The van der Waals surface area contributed by atoms with Crippen LogP contribution in [0.4, 0.5) is 0 Å². The first-order valence-electron chi connectivity index (χ1n) is 5.52. The average molecular weight is 167 g/mol. The second-order valence-electron chi connectivity index (χ2n) is 4.87. The maximum Gasteiger partial charge on any atom is 0.0126 e. The fourth-order valence-electron chi connectivity index (χ4n) is 3.14. The Morgan fingerprint density at radius 2 is 2.00 bits per heavy atom. The molecule has 0 radical (unpaired) electrons. The van der Waals surface area contributed by atoms with Crippen molar-refractivity contribution >= 4 is 0 Å². The normalized spacial score (nSPS) is 41.8. The van der Waals surface area contributed by atoms with Gasteiger partial charge in [-0.15, -0.1) is 0 Å². The SMILES string of the molecule is CC(C)C1CCC2CCCNC21. The maximum absolute atomic E-state index is 3.71. The predicted molar refractivity (Wildman–Crippen MR) is 52.1 cm³/mol. The topological polar surface area (TPSA) is 12.0 Å². The number of hydrogen-bond acceptors (Lipinski definition) is 1. The quantitative estimate of drug-likeness (QED) is 0.632. The zero-order chi connectivity index (χ0) is 8.55. The summed E-state index contributed by atoms with van der Waals surface area (Å²) in [6, 6.07) is 0.874. The zero-order valence-electron chi connectivity index (χ0n) is 8.34. The first kappa shape index (κ1) is 8.55. The number of piperidine rings is 1. The Hall–Kier alpha value is -0.0400.